The Morgan fingerprint density at radius 3 is 2.52 bits per heavy atom. The number of aryl methyl sites for hydroxylation is 2. The zero-order valence-corrected chi connectivity index (χ0v) is 12.3. The summed E-state index contributed by atoms with van der Waals surface area (Å²) in [5, 5.41) is 0.480. The number of aldehydes is 1. The van der Waals surface area contributed by atoms with Crippen molar-refractivity contribution in [2.24, 2.45) is 7.05 Å². The van der Waals surface area contributed by atoms with Crippen LogP contribution in [0.3, 0.4) is 0 Å². The third kappa shape index (κ3) is 1.83. The highest BCUT2D eigenvalue weighted by Crippen LogP contribution is 2.13. The highest BCUT2D eigenvalue weighted by atomic mass is 16.1. The summed E-state index contributed by atoms with van der Waals surface area (Å²) in [7, 11) is 1.92. The quantitative estimate of drug-likeness (QED) is 0.671. The number of aromatic nitrogens is 2. The van der Waals surface area contributed by atoms with Crippen LogP contribution in [0, 0.1) is 6.92 Å². The third-order valence-corrected chi connectivity index (χ3v) is 4.06. The summed E-state index contributed by atoms with van der Waals surface area (Å²) in [4.78, 5) is 24.3. The largest absolute Gasteiger partial charge is 0.351 e. The van der Waals surface area contributed by atoms with Gasteiger partial charge in [-0.15, -0.1) is 0 Å². The van der Waals surface area contributed by atoms with Gasteiger partial charge in [0.2, 0.25) is 0 Å². The lowest BCUT2D eigenvalue weighted by Gasteiger charge is -2.08. The predicted molar refractivity (Wildman–Crippen MR) is 82.6 cm³/mol. The number of pyridine rings is 1. The second kappa shape index (κ2) is 4.74. The number of hydrogen-bond acceptors (Lipinski definition) is 2. The molecule has 0 fully saturated rings. The molecule has 0 unspecified atom stereocenters. The molecule has 0 saturated heterocycles. The van der Waals surface area contributed by atoms with Crippen LogP contribution in [0.1, 0.15) is 28.5 Å². The van der Waals surface area contributed by atoms with Crippen LogP contribution in [0.15, 0.2) is 41.5 Å². The fraction of sp³-hybridized carbons (Fsp3) is 0.176. The van der Waals surface area contributed by atoms with Crippen molar-refractivity contribution in [2.45, 2.75) is 13.8 Å². The normalized spacial score (nSPS) is 12.7. The lowest BCUT2D eigenvalue weighted by Crippen LogP contribution is -2.36. The van der Waals surface area contributed by atoms with Crippen molar-refractivity contribution in [1.29, 1.82) is 0 Å². The molecule has 0 bridgehead atoms. The minimum atomic E-state index is -0.151. The topological polar surface area (TPSA) is 43.5 Å². The fourth-order valence-corrected chi connectivity index (χ4v) is 2.91. The molecule has 0 aliphatic carbocycles. The van der Waals surface area contributed by atoms with E-state index in [1.165, 1.54) is 0 Å². The maximum Gasteiger partial charge on any atom is 0.263 e. The lowest BCUT2D eigenvalue weighted by molar-refractivity contribution is 0.112. The van der Waals surface area contributed by atoms with E-state index in [-0.39, 0.29) is 5.56 Å². The molecule has 0 aliphatic heterocycles. The van der Waals surface area contributed by atoms with Crippen molar-refractivity contribution in [3.63, 3.8) is 0 Å². The van der Waals surface area contributed by atoms with Gasteiger partial charge in [-0.1, -0.05) is 0 Å². The average molecular weight is 280 g/mol. The second-order valence-electron chi connectivity index (χ2n) is 5.23. The molecule has 106 valence electrons. The Labute approximate surface area is 121 Å². The molecule has 0 radical (unpaired) electrons. The first kappa shape index (κ1) is 13.4. The van der Waals surface area contributed by atoms with Crippen molar-refractivity contribution in [3.05, 3.63) is 69.1 Å². The van der Waals surface area contributed by atoms with Crippen molar-refractivity contribution < 1.29 is 4.79 Å². The molecule has 3 aromatic rings. The number of hydrogen-bond donors (Lipinski definition) is 0. The van der Waals surface area contributed by atoms with E-state index in [1.807, 2.05) is 55.9 Å². The average Bonchev–Trinajstić information content (AvgIpc) is 3.10. The number of nitrogens with zero attached hydrogens (tertiary/aromatic N) is 2. The minimum Gasteiger partial charge on any atom is -0.351 e. The summed E-state index contributed by atoms with van der Waals surface area (Å²) in [6.45, 7) is 3.76. The summed E-state index contributed by atoms with van der Waals surface area (Å²) in [6, 6.07) is 7.54. The van der Waals surface area contributed by atoms with Gasteiger partial charge >= 0.3 is 0 Å². The van der Waals surface area contributed by atoms with Crippen molar-refractivity contribution in [1.82, 2.24) is 8.97 Å². The Bertz CT molecular complexity index is 961. The van der Waals surface area contributed by atoms with E-state index in [9.17, 15) is 9.59 Å². The van der Waals surface area contributed by atoms with Gasteiger partial charge in [0.15, 0.2) is 6.29 Å². The molecule has 0 saturated carbocycles. The maximum absolute atomic E-state index is 12.7. The number of fused-ring (bicyclic) bond motifs is 1. The summed E-state index contributed by atoms with van der Waals surface area (Å²) >= 11 is 0. The van der Waals surface area contributed by atoms with Gasteiger partial charge in [-0.25, -0.2) is 0 Å². The highest BCUT2D eigenvalue weighted by Gasteiger charge is 2.13. The van der Waals surface area contributed by atoms with Crippen LogP contribution in [0.25, 0.3) is 11.1 Å². The van der Waals surface area contributed by atoms with E-state index in [1.54, 1.807) is 10.6 Å². The van der Waals surface area contributed by atoms with Gasteiger partial charge in [-0.3, -0.25) is 14.0 Å². The van der Waals surface area contributed by atoms with Crippen LogP contribution in [0.2, 0.25) is 0 Å². The van der Waals surface area contributed by atoms with Gasteiger partial charge in [0.25, 0.3) is 5.56 Å². The second-order valence-corrected chi connectivity index (χ2v) is 5.23. The molecule has 3 heterocycles. The van der Waals surface area contributed by atoms with E-state index >= 15 is 0 Å². The first-order valence-corrected chi connectivity index (χ1v) is 6.77. The predicted octanol–water partition coefficient (Wildman–Crippen LogP) is 1.70. The Hall–Kier alpha value is -2.62. The zero-order valence-electron chi connectivity index (χ0n) is 12.3. The lowest BCUT2D eigenvalue weighted by atomic mass is 10.0. The van der Waals surface area contributed by atoms with Crippen LogP contribution in [-0.4, -0.2) is 15.3 Å². The molecule has 4 heteroatoms. The molecule has 3 rings (SSSR count). The molecule has 0 aromatic carbocycles. The molecule has 0 aliphatic rings. The molecule has 4 nitrogen and oxygen atoms in total. The Balaban J connectivity index is 2.59. The van der Waals surface area contributed by atoms with Crippen molar-refractivity contribution >= 4 is 17.4 Å². The number of rotatable bonds is 2. The summed E-state index contributed by atoms with van der Waals surface area (Å²) in [5.41, 5.74) is 3.68. The number of carbonyl (C=O) groups is 1. The summed E-state index contributed by atoms with van der Waals surface area (Å²) in [6.07, 6.45) is 4.44. The van der Waals surface area contributed by atoms with Gasteiger partial charge in [0, 0.05) is 30.7 Å². The molecule has 0 atom stereocenters. The standard InChI is InChI=1S/C17H16N2O2/c1-11-13(10-20)16(12(2)14-6-4-8-18(14)3)17(21)19-9-5-7-15(11)19/h4-10H,1-3H3/b16-12+. The van der Waals surface area contributed by atoms with E-state index in [0.29, 0.717) is 10.8 Å². The van der Waals surface area contributed by atoms with Gasteiger partial charge in [-0.2, -0.15) is 0 Å². The highest BCUT2D eigenvalue weighted by molar-refractivity contribution is 5.84. The summed E-state index contributed by atoms with van der Waals surface area (Å²) in [5.74, 6) is 0. The fourth-order valence-electron chi connectivity index (χ4n) is 2.91. The van der Waals surface area contributed by atoms with E-state index < -0.39 is 0 Å². The third-order valence-electron chi connectivity index (χ3n) is 4.06. The Morgan fingerprint density at radius 2 is 1.90 bits per heavy atom. The van der Waals surface area contributed by atoms with Crippen LogP contribution >= 0.6 is 0 Å². The Morgan fingerprint density at radius 1 is 1.19 bits per heavy atom. The van der Waals surface area contributed by atoms with Gasteiger partial charge in [0.05, 0.1) is 10.7 Å². The molecular formula is C17H16N2O2. The molecule has 0 amide bonds. The molecule has 0 N–H and O–H groups in total. The molecule has 21 heavy (non-hydrogen) atoms. The van der Waals surface area contributed by atoms with Crippen LogP contribution < -0.4 is 10.8 Å². The van der Waals surface area contributed by atoms with Gasteiger partial charge in [-0.05, 0) is 49.2 Å². The first-order chi connectivity index (χ1) is 10.1. The van der Waals surface area contributed by atoms with Crippen molar-refractivity contribution in [3.8, 4) is 0 Å². The van der Waals surface area contributed by atoms with E-state index in [0.717, 1.165) is 28.6 Å². The van der Waals surface area contributed by atoms with Crippen LogP contribution in [0.4, 0.5) is 0 Å². The SMILES string of the molecule is C/C(c1cccn1C)=c1/c(C=O)c(C)c2cccn2c1=O. The first-order valence-electron chi connectivity index (χ1n) is 6.77. The van der Waals surface area contributed by atoms with Crippen LogP contribution in [-0.2, 0) is 7.05 Å². The smallest absolute Gasteiger partial charge is 0.263 e. The van der Waals surface area contributed by atoms with E-state index in [2.05, 4.69) is 0 Å². The monoisotopic (exact) mass is 280 g/mol. The number of carbonyl (C=O) groups excluding carboxylic acids is 1. The molecule has 0 spiro atoms. The molecule has 3 aromatic heterocycles. The minimum absolute atomic E-state index is 0.151. The van der Waals surface area contributed by atoms with Gasteiger partial charge < -0.3 is 4.57 Å². The zero-order chi connectivity index (χ0) is 15.1. The van der Waals surface area contributed by atoms with Gasteiger partial charge in [0.1, 0.15) is 0 Å². The summed E-state index contributed by atoms with van der Waals surface area (Å²) < 4.78 is 3.54. The van der Waals surface area contributed by atoms with Crippen LogP contribution in [0.5, 0.6) is 0 Å². The van der Waals surface area contributed by atoms with E-state index in [4.69, 9.17) is 0 Å². The maximum atomic E-state index is 12.7. The Kier molecular flexibility index (Phi) is 3.01. The van der Waals surface area contributed by atoms with Crippen molar-refractivity contribution in [2.75, 3.05) is 0 Å². The molecular weight excluding hydrogens is 264 g/mol.